The minimum atomic E-state index is -3.81. The molecule has 0 unspecified atom stereocenters. The van der Waals surface area contributed by atoms with Crippen molar-refractivity contribution in [2.45, 2.75) is 150 Å². The van der Waals surface area contributed by atoms with Crippen LogP contribution in [-0.2, 0) is 9.53 Å². The largest absolute Gasteiger partial charge is 0.394 e. The Kier molecular flexibility index (Phi) is 19.2. The molecule has 0 spiro atoms. The lowest BCUT2D eigenvalue weighted by Crippen LogP contribution is -2.41. The third kappa shape index (κ3) is 16.2. The lowest BCUT2D eigenvalue weighted by molar-refractivity contribution is -0.141. The van der Waals surface area contributed by atoms with Gasteiger partial charge in [-0.25, -0.2) is 4.79 Å². The van der Waals surface area contributed by atoms with E-state index in [2.05, 4.69) is 82.2 Å². The van der Waals surface area contributed by atoms with E-state index in [0.717, 1.165) is 70.4 Å². The quantitative estimate of drug-likeness (QED) is 0.109. The van der Waals surface area contributed by atoms with Crippen molar-refractivity contribution in [3.05, 3.63) is 92.6 Å². The average molecular weight is 714 g/mol. The summed E-state index contributed by atoms with van der Waals surface area (Å²) in [6.45, 7) is 14.4. The van der Waals surface area contributed by atoms with Gasteiger partial charge >= 0.3 is 11.6 Å². The average Bonchev–Trinajstić information content (AvgIpc) is 3.28. The van der Waals surface area contributed by atoms with Gasteiger partial charge in [0.15, 0.2) is 6.10 Å². The number of nitrogens with zero attached hydrogens (tertiary/aromatic N) is 2. The maximum absolute atomic E-state index is 14.4. The van der Waals surface area contributed by atoms with Crippen LogP contribution in [0.25, 0.3) is 0 Å². The highest BCUT2D eigenvalue weighted by atomic mass is 19.3. The predicted octanol–water partition coefficient (Wildman–Crippen LogP) is 9.45. The molecule has 1 aromatic heterocycles. The lowest BCUT2D eigenvalue weighted by atomic mass is 10.0. The summed E-state index contributed by atoms with van der Waals surface area (Å²) in [5.74, 6) is -4.24. The van der Waals surface area contributed by atoms with Gasteiger partial charge in [-0.05, 0) is 125 Å². The summed E-state index contributed by atoms with van der Waals surface area (Å²) >= 11 is 0. The number of hydrogen-bond donors (Lipinski definition) is 3. The smallest absolute Gasteiger partial charge is 0.351 e. The van der Waals surface area contributed by atoms with E-state index < -0.39 is 36.7 Å². The number of aliphatic hydroxyl groups excluding tert-OH is 2. The molecular formula is C41H61F2N3O5. The minimum Gasteiger partial charge on any atom is -0.394 e. The van der Waals surface area contributed by atoms with Gasteiger partial charge in [0.2, 0.25) is 12.1 Å². The molecule has 1 aliphatic rings. The van der Waals surface area contributed by atoms with Gasteiger partial charge in [0.05, 0.1) is 6.61 Å². The number of carbonyl (C=O) groups is 1. The second-order valence-corrected chi connectivity index (χ2v) is 14.1. The van der Waals surface area contributed by atoms with Gasteiger partial charge in [-0.2, -0.15) is 13.8 Å². The van der Waals surface area contributed by atoms with Gasteiger partial charge in [0, 0.05) is 12.6 Å². The van der Waals surface area contributed by atoms with Gasteiger partial charge in [-0.3, -0.25) is 9.36 Å². The van der Waals surface area contributed by atoms with Crippen molar-refractivity contribution in [1.82, 2.24) is 9.55 Å². The SMILES string of the molecule is CC(C)=CCC/C(C)=C/CC/C(C)=C/CC/C(C)=C/CC/C(C)=C/CC/C(C)=C/CCC(=O)Nc1ccn([C@@H]2O[C@H](CO)[C@@H](O)C2(F)F)c(=O)n1. The number of aliphatic hydroxyl groups is 2. The molecule has 1 aliphatic heterocycles. The molecule has 3 N–H and O–H groups in total. The van der Waals surface area contributed by atoms with Crippen LogP contribution in [-0.4, -0.2) is 50.4 Å². The van der Waals surface area contributed by atoms with Gasteiger partial charge < -0.3 is 20.3 Å². The Balaban J connectivity index is 1.66. The molecule has 3 atom stereocenters. The number of allylic oxidation sites excluding steroid dienone is 12. The molecule has 0 saturated carbocycles. The first-order valence-corrected chi connectivity index (χ1v) is 18.3. The first kappa shape index (κ1) is 43.7. The van der Waals surface area contributed by atoms with E-state index in [1.54, 1.807) is 0 Å². The van der Waals surface area contributed by atoms with Crippen molar-refractivity contribution in [1.29, 1.82) is 0 Å². The molecule has 0 bridgehead atoms. The normalized spacial score (nSPS) is 20.1. The molecule has 0 aliphatic carbocycles. The maximum Gasteiger partial charge on any atom is 0.351 e. The van der Waals surface area contributed by atoms with E-state index in [1.165, 1.54) is 39.5 Å². The molecule has 0 aromatic carbocycles. The molecule has 1 aromatic rings. The number of carbonyl (C=O) groups excluding carboxylic acids is 1. The number of halogens is 2. The van der Waals surface area contributed by atoms with E-state index in [1.807, 2.05) is 13.0 Å². The summed E-state index contributed by atoms with van der Waals surface area (Å²) in [5, 5.41) is 21.4. The Morgan fingerprint density at radius 1 is 0.784 bits per heavy atom. The first-order chi connectivity index (χ1) is 24.1. The van der Waals surface area contributed by atoms with Crippen LogP contribution in [0.2, 0.25) is 0 Å². The van der Waals surface area contributed by atoms with Crippen molar-refractivity contribution >= 4 is 11.7 Å². The third-order valence-electron chi connectivity index (χ3n) is 8.99. The topological polar surface area (TPSA) is 114 Å². The summed E-state index contributed by atoms with van der Waals surface area (Å²) < 4.78 is 34.3. The number of aromatic nitrogens is 2. The van der Waals surface area contributed by atoms with Crippen LogP contribution in [0, 0.1) is 0 Å². The maximum atomic E-state index is 14.4. The van der Waals surface area contributed by atoms with Gasteiger partial charge in [-0.1, -0.05) is 69.9 Å². The molecular weight excluding hydrogens is 652 g/mol. The molecule has 8 nitrogen and oxygen atoms in total. The molecule has 1 saturated heterocycles. The zero-order chi connectivity index (χ0) is 38.0. The highest BCUT2D eigenvalue weighted by Crippen LogP contribution is 2.42. The molecule has 0 radical (unpaired) electrons. The molecule has 284 valence electrons. The van der Waals surface area contributed by atoms with Crippen LogP contribution in [0.4, 0.5) is 14.6 Å². The zero-order valence-corrected chi connectivity index (χ0v) is 31.8. The lowest BCUT2D eigenvalue weighted by Gasteiger charge is -2.21. The Hall–Kier alpha value is -3.47. The fourth-order valence-electron chi connectivity index (χ4n) is 5.72. The first-order valence-electron chi connectivity index (χ1n) is 18.3. The van der Waals surface area contributed by atoms with E-state index >= 15 is 0 Å². The van der Waals surface area contributed by atoms with Crippen LogP contribution in [0.5, 0.6) is 0 Å². The number of rotatable bonds is 21. The summed E-state index contributed by atoms with van der Waals surface area (Å²) in [7, 11) is 0. The molecule has 2 rings (SSSR count). The summed E-state index contributed by atoms with van der Waals surface area (Å²) in [4.78, 5) is 28.4. The second-order valence-electron chi connectivity index (χ2n) is 14.1. The minimum absolute atomic E-state index is 0.0735. The molecule has 10 heteroatoms. The summed E-state index contributed by atoms with van der Waals surface area (Å²) in [6, 6.07) is 1.21. The Morgan fingerprint density at radius 2 is 1.20 bits per heavy atom. The number of amides is 1. The number of alkyl halides is 2. The molecule has 2 heterocycles. The van der Waals surface area contributed by atoms with Gasteiger partial charge in [0.1, 0.15) is 11.9 Å². The van der Waals surface area contributed by atoms with Crippen molar-refractivity contribution in [3.63, 3.8) is 0 Å². The van der Waals surface area contributed by atoms with Crippen molar-refractivity contribution in [3.8, 4) is 0 Å². The van der Waals surface area contributed by atoms with Crippen molar-refractivity contribution < 1.29 is 28.5 Å². The van der Waals surface area contributed by atoms with Crippen LogP contribution in [0.15, 0.2) is 87.0 Å². The molecule has 51 heavy (non-hydrogen) atoms. The van der Waals surface area contributed by atoms with Crippen LogP contribution < -0.4 is 11.0 Å². The Bertz CT molecular complexity index is 1510. The Labute approximate surface area is 303 Å². The fraction of sp³-hybridized carbons (Fsp3) is 0.585. The standard InChI is InChI=1S/C41H61F2N3O5/c1-29(2)14-8-15-30(3)16-9-17-31(4)18-10-19-32(5)20-11-21-33(6)22-12-23-34(7)24-13-25-37(48)44-36-26-27-46(40(50)45-36)39-41(42,43)38(49)35(28-47)51-39/h14,16,18,20,22,24,26-27,35,38-39,47,49H,8-13,15,17,19,21,23,25,28H2,1-7H3,(H,44,45,48,50)/b30-16+,31-18+,32-20+,33-22+,34-24+/t35-,38-,39-/m1/s1. The molecule has 1 amide bonds. The predicted molar refractivity (Wildman–Crippen MR) is 203 cm³/mol. The zero-order valence-electron chi connectivity index (χ0n) is 31.8. The number of nitrogens with one attached hydrogen (secondary N) is 1. The monoisotopic (exact) mass is 713 g/mol. The summed E-state index contributed by atoms with van der Waals surface area (Å²) in [5.41, 5.74) is 7.24. The van der Waals surface area contributed by atoms with Crippen molar-refractivity contribution in [2.24, 2.45) is 0 Å². The second kappa shape index (κ2) is 22.5. The third-order valence-corrected chi connectivity index (χ3v) is 8.99. The molecule has 1 fully saturated rings. The van der Waals surface area contributed by atoms with Crippen LogP contribution in [0.3, 0.4) is 0 Å². The van der Waals surface area contributed by atoms with Gasteiger partial charge in [0.25, 0.3) is 0 Å². The Morgan fingerprint density at radius 3 is 1.57 bits per heavy atom. The van der Waals surface area contributed by atoms with Crippen LogP contribution >= 0.6 is 0 Å². The highest BCUT2D eigenvalue weighted by Gasteiger charge is 2.59. The highest BCUT2D eigenvalue weighted by molar-refractivity contribution is 5.89. The van der Waals surface area contributed by atoms with E-state index in [-0.39, 0.29) is 18.1 Å². The fourth-order valence-corrected chi connectivity index (χ4v) is 5.72. The van der Waals surface area contributed by atoms with Gasteiger partial charge in [-0.15, -0.1) is 0 Å². The van der Waals surface area contributed by atoms with Crippen LogP contribution in [0.1, 0.15) is 132 Å². The number of hydrogen-bond acceptors (Lipinski definition) is 6. The van der Waals surface area contributed by atoms with E-state index in [4.69, 9.17) is 9.84 Å². The summed E-state index contributed by atoms with van der Waals surface area (Å²) in [6.07, 6.45) is 20.1. The number of anilines is 1. The van der Waals surface area contributed by atoms with E-state index in [0.29, 0.717) is 11.0 Å². The van der Waals surface area contributed by atoms with Crippen molar-refractivity contribution in [2.75, 3.05) is 11.9 Å². The number of ether oxygens (including phenoxy) is 1. The van der Waals surface area contributed by atoms with E-state index in [9.17, 15) is 23.5 Å².